The molecule has 166 valence electrons. The van der Waals surface area contributed by atoms with Crippen molar-refractivity contribution in [3.8, 4) is 11.5 Å². The highest BCUT2D eigenvalue weighted by Gasteiger charge is 2.57. The number of anilines is 1. The number of phenolic OH excluding ortho intramolecular Hbond substituents is 1. The highest BCUT2D eigenvalue weighted by atomic mass is 16.6. The fraction of sp³-hybridized carbons (Fsp3) is 0.192. The maximum Gasteiger partial charge on any atom is 0.311 e. The van der Waals surface area contributed by atoms with E-state index in [0.29, 0.717) is 5.69 Å². The van der Waals surface area contributed by atoms with Gasteiger partial charge in [-0.2, -0.15) is 0 Å². The molecular formula is C26H23N3O4. The first kappa shape index (κ1) is 20.8. The molecule has 7 heteroatoms. The van der Waals surface area contributed by atoms with Crippen LogP contribution in [0.4, 0.5) is 17.1 Å². The van der Waals surface area contributed by atoms with Crippen molar-refractivity contribution in [2.24, 2.45) is 4.99 Å². The van der Waals surface area contributed by atoms with Gasteiger partial charge in [-0.05, 0) is 61.9 Å². The molecule has 3 aromatic carbocycles. The molecule has 1 spiro atoms. The first-order valence-corrected chi connectivity index (χ1v) is 10.6. The maximum absolute atomic E-state index is 11.0. The van der Waals surface area contributed by atoms with E-state index in [4.69, 9.17) is 4.74 Å². The average Bonchev–Trinajstić information content (AvgIpc) is 2.96. The minimum Gasteiger partial charge on any atom is -0.502 e. The van der Waals surface area contributed by atoms with Gasteiger partial charge in [-0.3, -0.25) is 15.1 Å². The summed E-state index contributed by atoms with van der Waals surface area (Å²) in [7, 11) is 2.05. The summed E-state index contributed by atoms with van der Waals surface area (Å²) in [5.41, 5.74) is 2.92. The summed E-state index contributed by atoms with van der Waals surface area (Å²) in [5.74, 6) is 0.350. The Morgan fingerprint density at radius 3 is 2.67 bits per heavy atom. The summed E-state index contributed by atoms with van der Waals surface area (Å²) in [6.45, 7) is 4.38. The van der Waals surface area contributed by atoms with Crippen molar-refractivity contribution in [2.75, 3.05) is 11.9 Å². The number of ether oxygens (including phenoxy) is 1. The van der Waals surface area contributed by atoms with Gasteiger partial charge in [-0.1, -0.05) is 24.3 Å². The van der Waals surface area contributed by atoms with Gasteiger partial charge in [-0.15, -0.1) is 0 Å². The standard InChI is InChI=1S/C26H23N3O4/c1-25(2)20-8-4-5-9-21(20)28(3)26(25)14-13-17-15-19(11-12-23(17)33-26)27-16-18-7-6-10-22(24(18)30)29(31)32/h4-16,30H,1-3H3. The molecule has 2 aliphatic heterocycles. The third-order valence-electron chi connectivity index (χ3n) is 6.68. The fourth-order valence-electron chi connectivity index (χ4n) is 4.79. The normalized spacial score (nSPS) is 20.0. The monoisotopic (exact) mass is 441 g/mol. The minimum atomic E-state index is -0.650. The van der Waals surface area contributed by atoms with Gasteiger partial charge >= 0.3 is 5.69 Å². The zero-order valence-corrected chi connectivity index (χ0v) is 18.5. The van der Waals surface area contributed by atoms with Crippen molar-refractivity contribution in [3.05, 3.63) is 93.5 Å². The van der Waals surface area contributed by atoms with E-state index in [-0.39, 0.29) is 16.7 Å². The van der Waals surface area contributed by atoms with Gasteiger partial charge in [0.05, 0.1) is 16.0 Å². The molecule has 0 saturated carbocycles. The lowest BCUT2D eigenvalue weighted by Gasteiger charge is -2.45. The highest BCUT2D eigenvalue weighted by Crippen LogP contribution is 2.54. The van der Waals surface area contributed by atoms with Gasteiger partial charge in [0, 0.05) is 36.1 Å². The van der Waals surface area contributed by atoms with Crippen LogP contribution in [-0.2, 0) is 5.41 Å². The van der Waals surface area contributed by atoms with E-state index in [9.17, 15) is 15.2 Å². The van der Waals surface area contributed by atoms with Crippen LogP contribution in [0.2, 0.25) is 0 Å². The number of hydrogen-bond donors (Lipinski definition) is 1. The van der Waals surface area contributed by atoms with Crippen LogP contribution in [0.25, 0.3) is 6.08 Å². The topological polar surface area (TPSA) is 88.2 Å². The molecular weight excluding hydrogens is 418 g/mol. The molecule has 3 aromatic rings. The highest BCUT2D eigenvalue weighted by molar-refractivity contribution is 5.87. The molecule has 2 aliphatic rings. The van der Waals surface area contributed by atoms with Crippen LogP contribution in [0, 0.1) is 10.1 Å². The second kappa shape index (κ2) is 7.20. The average molecular weight is 441 g/mol. The molecule has 33 heavy (non-hydrogen) atoms. The van der Waals surface area contributed by atoms with Crippen LogP contribution in [0.15, 0.2) is 71.7 Å². The van der Waals surface area contributed by atoms with E-state index >= 15 is 0 Å². The van der Waals surface area contributed by atoms with Crippen LogP contribution < -0.4 is 9.64 Å². The van der Waals surface area contributed by atoms with Gasteiger partial charge in [0.15, 0.2) is 0 Å². The van der Waals surface area contributed by atoms with Gasteiger partial charge < -0.3 is 14.7 Å². The number of likely N-dealkylation sites (N-methyl/N-ethyl adjacent to an activating group) is 1. The third-order valence-corrected chi connectivity index (χ3v) is 6.68. The molecule has 7 nitrogen and oxygen atoms in total. The van der Waals surface area contributed by atoms with E-state index in [1.54, 1.807) is 6.07 Å². The maximum atomic E-state index is 11.0. The Morgan fingerprint density at radius 2 is 1.91 bits per heavy atom. The summed E-state index contributed by atoms with van der Waals surface area (Å²) in [4.78, 5) is 17.0. The largest absolute Gasteiger partial charge is 0.502 e. The van der Waals surface area contributed by atoms with Crippen LogP contribution in [-0.4, -0.2) is 29.0 Å². The van der Waals surface area contributed by atoms with Crippen molar-refractivity contribution >= 4 is 29.4 Å². The van der Waals surface area contributed by atoms with E-state index in [1.165, 1.54) is 23.9 Å². The number of aromatic hydroxyl groups is 1. The molecule has 1 N–H and O–H groups in total. The zero-order chi connectivity index (χ0) is 23.4. The second-order valence-electron chi connectivity index (χ2n) is 8.79. The lowest BCUT2D eigenvalue weighted by molar-refractivity contribution is -0.385. The SMILES string of the molecule is CN1c2ccccc2C(C)(C)C12C=Cc1cc(N=Cc3cccc([N+](=O)[O-])c3O)ccc1O2. The molecule has 2 heterocycles. The molecule has 0 bridgehead atoms. The number of nitro benzene ring substituents is 1. The number of hydrogen-bond acceptors (Lipinski definition) is 6. The first-order chi connectivity index (χ1) is 15.7. The molecule has 0 saturated heterocycles. The van der Waals surface area contributed by atoms with Gasteiger partial charge in [0.2, 0.25) is 11.5 Å². The van der Waals surface area contributed by atoms with Crippen LogP contribution in [0.1, 0.15) is 30.5 Å². The van der Waals surface area contributed by atoms with Crippen LogP contribution >= 0.6 is 0 Å². The molecule has 0 aliphatic carbocycles. The van der Waals surface area contributed by atoms with E-state index in [2.05, 4.69) is 48.0 Å². The molecule has 0 radical (unpaired) electrons. The number of nitrogens with zero attached hydrogens (tertiary/aromatic N) is 3. The Balaban J connectivity index is 1.46. The Bertz CT molecular complexity index is 1350. The van der Waals surface area contributed by atoms with Crippen LogP contribution in [0.3, 0.4) is 0 Å². The van der Waals surface area contributed by atoms with Crippen molar-refractivity contribution in [3.63, 3.8) is 0 Å². The van der Waals surface area contributed by atoms with Gasteiger partial charge in [-0.25, -0.2) is 0 Å². The summed E-state index contributed by atoms with van der Waals surface area (Å²) in [5, 5.41) is 21.2. The summed E-state index contributed by atoms with van der Waals surface area (Å²) >= 11 is 0. The number of fused-ring (bicyclic) bond motifs is 2. The fourth-order valence-corrected chi connectivity index (χ4v) is 4.79. The molecule has 0 fully saturated rings. The van der Waals surface area contributed by atoms with Crippen molar-refractivity contribution < 1.29 is 14.8 Å². The second-order valence-corrected chi connectivity index (χ2v) is 8.79. The van der Waals surface area contributed by atoms with Crippen LogP contribution in [0.5, 0.6) is 11.5 Å². The van der Waals surface area contributed by atoms with Crippen molar-refractivity contribution in [1.82, 2.24) is 0 Å². The van der Waals surface area contributed by atoms with Gasteiger partial charge in [0.1, 0.15) is 5.75 Å². The van der Waals surface area contributed by atoms with Crippen molar-refractivity contribution in [2.45, 2.75) is 25.0 Å². The lowest BCUT2D eigenvalue weighted by atomic mass is 9.76. The zero-order valence-electron chi connectivity index (χ0n) is 18.5. The summed E-state index contributed by atoms with van der Waals surface area (Å²) in [6.07, 6.45) is 5.56. The molecule has 0 amide bonds. The Kier molecular flexibility index (Phi) is 4.53. The Morgan fingerprint density at radius 1 is 1.12 bits per heavy atom. The summed E-state index contributed by atoms with van der Waals surface area (Å²) in [6, 6.07) is 18.3. The number of aliphatic imine (C=N–C) groups is 1. The third kappa shape index (κ3) is 3.00. The van der Waals surface area contributed by atoms with E-state index in [1.807, 2.05) is 37.4 Å². The summed E-state index contributed by atoms with van der Waals surface area (Å²) < 4.78 is 6.64. The molecule has 1 atom stereocenters. The minimum absolute atomic E-state index is 0.275. The molecule has 5 rings (SSSR count). The molecule has 1 unspecified atom stereocenters. The number of para-hydroxylation sites is 2. The van der Waals surface area contributed by atoms with Gasteiger partial charge in [0.25, 0.3) is 0 Å². The number of benzene rings is 3. The first-order valence-electron chi connectivity index (χ1n) is 10.6. The smallest absolute Gasteiger partial charge is 0.311 e. The number of rotatable bonds is 3. The van der Waals surface area contributed by atoms with E-state index in [0.717, 1.165) is 17.0 Å². The van der Waals surface area contributed by atoms with E-state index < -0.39 is 16.4 Å². The number of nitro groups is 1. The number of phenols is 1. The lowest BCUT2D eigenvalue weighted by Crippen LogP contribution is -2.58. The Labute approximate surface area is 191 Å². The molecule has 0 aromatic heterocycles. The predicted octanol–water partition coefficient (Wildman–Crippen LogP) is 5.58. The Hall–Kier alpha value is -4.13. The predicted molar refractivity (Wildman–Crippen MR) is 129 cm³/mol. The van der Waals surface area contributed by atoms with Crippen molar-refractivity contribution in [1.29, 1.82) is 0 Å². The quantitative estimate of drug-likeness (QED) is 0.326.